The van der Waals surface area contributed by atoms with Gasteiger partial charge in [-0.25, -0.2) is 13.6 Å². The number of amides is 1. The molecule has 0 atom stereocenters. The molecule has 2 aromatic carbocycles. The third-order valence-electron chi connectivity index (χ3n) is 2.74. The zero-order valence-corrected chi connectivity index (χ0v) is 14.0. The second-order valence-electron chi connectivity index (χ2n) is 4.60. The molecule has 0 aliphatic heterocycles. The van der Waals surface area contributed by atoms with Crippen molar-refractivity contribution in [1.29, 1.82) is 0 Å². The summed E-state index contributed by atoms with van der Waals surface area (Å²) in [7, 11) is -3.82. The van der Waals surface area contributed by atoms with Gasteiger partial charge in [0.1, 0.15) is 0 Å². The van der Waals surface area contributed by atoms with Gasteiger partial charge in [-0.3, -0.25) is 4.79 Å². The maximum atomic E-state index is 11.9. The molecular formula is C15H12Cl2N2O3S. The quantitative estimate of drug-likeness (QED) is 0.809. The monoisotopic (exact) mass is 370 g/mol. The van der Waals surface area contributed by atoms with Gasteiger partial charge in [-0.05, 0) is 48.0 Å². The van der Waals surface area contributed by atoms with Crippen LogP contribution in [0.1, 0.15) is 5.56 Å². The second-order valence-corrected chi connectivity index (χ2v) is 7.03. The second kappa shape index (κ2) is 7.14. The fourth-order valence-electron chi connectivity index (χ4n) is 1.78. The van der Waals surface area contributed by atoms with Crippen LogP contribution in [0.2, 0.25) is 10.0 Å². The first-order chi connectivity index (χ1) is 10.7. The van der Waals surface area contributed by atoms with Crippen molar-refractivity contribution in [2.45, 2.75) is 4.90 Å². The van der Waals surface area contributed by atoms with E-state index in [1.165, 1.54) is 30.4 Å². The van der Waals surface area contributed by atoms with E-state index in [0.717, 1.165) is 0 Å². The maximum Gasteiger partial charge on any atom is 0.248 e. The lowest BCUT2D eigenvalue weighted by molar-refractivity contribution is -0.111. The molecule has 1 amide bonds. The van der Waals surface area contributed by atoms with E-state index >= 15 is 0 Å². The number of sulfonamides is 1. The summed E-state index contributed by atoms with van der Waals surface area (Å²) in [6.45, 7) is 0. The van der Waals surface area contributed by atoms with Crippen molar-refractivity contribution in [1.82, 2.24) is 0 Å². The molecule has 23 heavy (non-hydrogen) atoms. The fraction of sp³-hybridized carbons (Fsp3) is 0. The Kier molecular flexibility index (Phi) is 5.43. The van der Waals surface area contributed by atoms with E-state index < -0.39 is 15.9 Å². The van der Waals surface area contributed by atoms with Crippen molar-refractivity contribution in [3.63, 3.8) is 0 Å². The number of hydrogen-bond donors (Lipinski definition) is 2. The zero-order valence-electron chi connectivity index (χ0n) is 11.7. The molecule has 0 aromatic heterocycles. The van der Waals surface area contributed by atoms with Crippen LogP contribution in [0.15, 0.2) is 53.4 Å². The van der Waals surface area contributed by atoms with Gasteiger partial charge < -0.3 is 5.32 Å². The number of carbonyl (C=O) groups excluding carboxylic acids is 1. The SMILES string of the molecule is NS(=O)(=O)c1cccc(NC(=O)C=Cc2cc(Cl)cc(Cl)c2)c1. The summed E-state index contributed by atoms with van der Waals surface area (Å²) in [5.41, 5.74) is 0.978. The highest BCUT2D eigenvalue weighted by atomic mass is 35.5. The number of primary sulfonamides is 1. The molecule has 8 heteroatoms. The minimum atomic E-state index is -3.82. The van der Waals surface area contributed by atoms with Crippen LogP contribution in [0.4, 0.5) is 5.69 Å². The van der Waals surface area contributed by atoms with Gasteiger partial charge in [0, 0.05) is 21.8 Å². The van der Waals surface area contributed by atoms with Crippen LogP contribution in [0.3, 0.4) is 0 Å². The van der Waals surface area contributed by atoms with Gasteiger partial charge in [0.2, 0.25) is 15.9 Å². The van der Waals surface area contributed by atoms with Crippen LogP contribution in [0.5, 0.6) is 0 Å². The van der Waals surface area contributed by atoms with E-state index in [-0.39, 0.29) is 4.90 Å². The van der Waals surface area contributed by atoms with Crippen molar-refractivity contribution in [3.8, 4) is 0 Å². The lowest BCUT2D eigenvalue weighted by Gasteiger charge is -2.04. The molecule has 2 aromatic rings. The predicted octanol–water partition coefficient (Wildman–Crippen LogP) is 3.29. The molecular weight excluding hydrogens is 359 g/mol. The van der Waals surface area contributed by atoms with Crippen LogP contribution < -0.4 is 10.5 Å². The molecule has 0 fully saturated rings. The Labute approximate surface area is 143 Å². The fourth-order valence-corrected chi connectivity index (χ4v) is 2.88. The van der Waals surface area contributed by atoms with Gasteiger partial charge in [-0.2, -0.15) is 0 Å². The smallest absolute Gasteiger partial charge is 0.248 e. The minimum absolute atomic E-state index is 0.0825. The topological polar surface area (TPSA) is 89.3 Å². The number of halogens is 2. The molecule has 120 valence electrons. The van der Waals surface area contributed by atoms with Crippen molar-refractivity contribution in [2.75, 3.05) is 5.32 Å². The molecule has 0 saturated heterocycles. The Morgan fingerprint density at radius 2 is 1.74 bits per heavy atom. The van der Waals surface area contributed by atoms with Gasteiger partial charge in [0.05, 0.1) is 4.90 Å². The summed E-state index contributed by atoms with van der Waals surface area (Å²) in [5.74, 6) is -0.437. The molecule has 0 aliphatic rings. The lowest BCUT2D eigenvalue weighted by Crippen LogP contribution is -2.13. The number of benzene rings is 2. The third kappa shape index (κ3) is 5.37. The highest BCUT2D eigenvalue weighted by Crippen LogP contribution is 2.20. The number of nitrogens with one attached hydrogen (secondary N) is 1. The molecule has 0 aliphatic carbocycles. The highest BCUT2D eigenvalue weighted by Gasteiger charge is 2.08. The van der Waals surface area contributed by atoms with Crippen LogP contribution in [0.25, 0.3) is 6.08 Å². The van der Waals surface area contributed by atoms with Gasteiger partial charge in [-0.1, -0.05) is 29.3 Å². The molecule has 0 spiro atoms. The Balaban J connectivity index is 2.12. The normalized spacial score (nSPS) is 11.6. The Morgan fingerprint density at radius 3 is 2.35 bits per heavy atom. The summed E-state index contributed by atoms with van der Waals surface area (Å²) >= 11 is 11.7. The zero-order chi connectivity index (χ0) is 17.0. The first-order valence-corrected chi connectivity index (χ1v) is 8.62. The van der Waals surface area contributed by atoms with Crippen molar-refractivity contribution >= 4 is 50.9 Å². The molecule has 5 nitrogen and oxygen atoms in total. The first-order valence-electron chi connectivity index (χ1n) is 6.32. The number of rotatable bonds is 4. The summed E-state index contributed by atoms with van der Waals surface area (Å²) in [5, 5.41) is 8.50. The summed E-state index contributed by atoms with van der Waals surface area (Å²) in [4.78, 5) is 11.8. The van der Waals surface area contributed by atoms with Crippen molar-refractivity contribution in [2.24, 2.45) is 5.14 Å². The van der Waals surface area contributed by atoms with Crippen LogP contribution in [-0.2, 0) is 14.8 Å². The van der Waals surface area contributed by atoms with E-state index in [4.69, 9.17) is 28.3 Å². The van der Waals surface area contributed by atoms with E-state index in [0.29, 0.717) is 21.3 Å². The van der Waals surface area contributed by atoms with E-state index in [9.17, 15) is 13.2 Å². The van der Waals surface area contributed by atoms with Gasteiger partial charge in [0.25, 0.3) is 0 Å². The summed E-state index contributed by atoms with van der Waals surface area (Å²) in [6.07, 6.45) is 2.82. The maximum absolute atomic E-state index is 11.9. The largest absolute Gasteiger partial charge is 0.322 e. The Hall–Kier alpha value is -1.86. The number of hydrogen-bond acceptors (Lipinski definition) is 3. The average molecular weight is 371 g/mol. The van der Waals surface area contributed by atoms with Crippen LogP contribution >= 0.6 is 23.2 Å². The molecule has 0 unspecified atom stereocenters. The van der Waals surface area contributed by atoms with Crippen molar-refractivity contribution < 1.29 is 13.2 Å². The van der Waals surface area contributed by atoms with Gasteiger partial charge in [-0.15, -0.1) is 0 Å². The molecule has 0 radical (unpaired) electrons. The lowest BCUT2D eigenvalue weighted by atomic mass is 10.2. The first kappa shape index (κ1) is 17.5. The van der Waals surface area contributed by atoms with E-state index in [1.54, 1.807) is 24.3 Å². The third-order valence-corrected chi connectivity index (χ3v) is 4.09. The molecule has 0 saturated carbocycles. The molecule has 2 rings (SSSR count). The van der Waals surface area contributed by atoms with Crippen LogP contribution in [0, 0.1) is 0 Å². The average Bonchev–Trinajstić information content (AvgIpc) is 2.43. The van der Waals surface area contributed by atoms with E-state index in [2.05, 4.69) is 5.32 Å². The Morgan fingerprint density at radius 1 is 1.09 bits per heavy atom. The standard InChI is InChI=1S/C15H12Cl2N2O3S/c16-11-6-10(7-12(17)8-11)4-5-15(20)19-13-2-1-3-14(9-13)23(18,21)22/h1-9H,(H,19,20)(H2,18,21,22). The number of nitrogens with two attached hydrogens (primary N) is 1. The van der Waals surface area contributed by atoms with Crippen molar-refractivity contribution in [3.05, 3.63) is 64.1 Å². The highest BCUT2D eigenvalue weighted by molar-refractivity contribution is 7.89. The van der Waals surface area contributed by atoms with E-state index in [1.807, 2.05) is 0 Å². The summed E-state index contributed by atoms with van der Waals surface area (Å²) < 4.78 is 22.5. The molecule has 3 N–H and O–H groups in total. The summed E-state index contributed by atoms with van der Waals surface area (Å²) in [6, 6.07) is 10.5. The predicted molar refractivity (Wildman–Crippen MR) is 91.9 cm³/mol. The van der Waals surface area contributed by atoms with Gasteiger partial charge >= 0.3 is 0 Å². The van der Waals surface area contributed by atoms with Crippen LogP contribution in [-0.4, -0.2) is 14.3 Å². The minimum Gasteiger partial charge on any atom is -0.322 e. The van der Waals surface area contributed by atoms with Gasteiger partial charge in [0.15, 0.2) is 0 Å². The number of carbonyl (C=O) groups is 1. The Bertz CT molecular complexity index is 860. The molecule has 0 bridgehead atoms. The molecule has 0 heterocycles. The number of anilines is 1.